The quantitative estimate of drug-likeness (QED) is 0.130. The fraction of sp³-hybridized carbons (Fsp3) is 0.519. The minimum absolute atomic E-state index is 0.209. The minimum atomic E-state index is -1.37. The maximum Gasteiger partial charge on any atom is 0.324 e. The lowest BCUT2D eigenvalue weighted by molar-refractivity contribution is -0.171. The van der Waals surface area contributed by atoms with Gasteiger partial charge in [0.25, 0.3) is 0 Å². The summed E-state index contributed by atoms with van der Waals surface area (Å²) in [6.45, 7) is 7.32. The van der Waals surface area contributed by atoms with Gasteiger partial charge in [-0.1, -0.05) is 54.6 Å². The summed E-state index contributed by atoms with van der Waals surface area (Å²) in [6.07, 6.45) is 11.4. The number of hydrazone groups is 1. The predicted molar refractivity (Wildman–Crippen MR) is 131 cm³/mol. The lowest BCUT2D eigenvalue weighted by atomic mass is 9.80. The molecule has 1 aromatic rings. The Hall–Kier alpha value is -2.93. The fourth-order valence-corrected chi connectivity index (χ4v) is 3.85. The molecule has 0 aromatic heterocycles. The van der Waals surface area contributed by atoms with E-state index in [4.69, 9.17) is 14.2 Å². The van der Waals surface area contributed by atoms with E-state index in [0.717, 1.165) is 19.4 Å². The van der Waals surface area contributed by atoms with Crippen molar-refractivity contribution >= 4 is 18.2 Å². The van der Waals surface area contributed by atoms with Crippen LogP contribution in [0.2, 0.25) is 0 Å². The first-order chi connectivity index (χ1) is 16.5. The number of allylic oxidation sites excluding steroid dienone is 4. The van der Waals surface area contributed by atoms with Gasteiger partial charge >= 0.3 is 11.9 Å². The largest absolute Gasteiger partial charge is 0.465 e. The average molecular weight is 469 g/mol. The molecule has 2 fully saturated rings. The number of carbonyl (C=O) groups is 2. The van der Waals surface area contributed by atoms with Gasteiger partial charge in [0, 0.05) is 0 Å². The van der Waals surface area contributed by atoms with E-state index in [1.165, 1.54) is 5.56 Å². The maximum atomic E-state index is 12.8. The van der Waals surface area contributed by atoms with Crippen molar-refractivity contribution in [2.75, 3.05) is 26.4 Å². The molecular formula is C27H36N2O5. The second kappa shape index (κ2) is 12.0. The van der Waals surface area contributed by atoms with Gasteiger partial charge in [0.15, 0.2) is 5.41 Å². The molecule has 34 heavy (non-hydrogen) atoms. The highest BCUT2D eigenvalue weighted by Crippen LogP contribution is 2.37. The predicted octanol–water partition coefficient (Wildman–Crippen LogP) is 4.60. The third-order valence-electron chi connectivity index (χ3n) is 6.13. The Kier molecular flexibility index (Phi) is 9.05. The second-order valence-electron chi connectivity index (χ2n) is 8.66. The van der Waals surface area contributed by atoms with Crippen molar-refractivity contribution in [3.63, 3.8) is 0 Å². The number of carbonyl (C=O) groups excluding carboxylic acids is 2. The van der Waals surface area contributed by atoms with Gasteiger partial charge in [-0.25, -0.2) is 0 Å². The van der Waals surface area contributed by atoms with E-state index < -0.39 is 17.4 Å². The van der Waals surface area contributed by atoms with Gasteiger partial charge in [-0.15, -0.1) is 0 Å². The van der Waals surface area contributed by atoms with Crippen molar-refractivity contribution < 1.29 is 23.8 Å². The van der Waals surface area contributed by atoms with Crippen LogP contribution in [0.3, 0.4) is 0 Å². The summed E-state index contributed by atoms with van der Waals surface area (Å²) in [6, 6.07) is 10.7. The van der Waals surface area contributed by atoms with Crippen LogP contribution in [0, 0.1) is 5.41 Å². The van der Waals surface area contributed by atoms with E-state index in [2.05, 4.69) is 22.2 Å². The van der Waals surface area contributed by atoms with Crippen molar-refractivity contribution in [2.24, 2.45) is 10.5 Å². The molecule has 2 heterocycles. The number of hydrogen-bond donors (Lipinski definition) is 0. The number of hydrogen-bond acceptors (Lipinski definition) is 7. The summed E-state index contributed by atoms with van der Waals surface area (Å²) in [5.74, 6) is -1.09. The molecule has 2 aliphatic heterocycles. The molecular weight excluding hydrogens is 432 g/mol. The van der Waals surface area contributed by atoms with Crippen LogP contribution in [-0.4, -0.2) is 55.1 Å². The van der Waals surface area contributed by atoms with E-state index in [-0.39, 0.29) is 31.7 Å². The van der Waals surface area contributed by atoms with Crippen LogP contribution in [0.4, 0.5) is 0 Å². The third kappa shape index (κ3) is 6.56. The normalized spacial score (nSPS) is 22.0. The van der Waals surface area contributed by atoms with Crippen molar-refractivity contribution in [2.45, 2.75) is 58.1 Å². The standard InChI is InChI=1S/C27H36N2O5/c1-4-7-17-27(24(30)32-5-2,25(31)33-6-3)18-13-9-12-16-26(21-34-26)20-28-29-19-23(29)22-14-10-8-11-15-22/h4,7-11,13-15,20,23H,5-6,12,16-19,21H2,1-3H3/b7-4+,13-9+,28-20+. The Morgan fingerprint density at radius 1 is 1.12 bits per heavy atom. The van der Waals surface area contributed by atoms with Gasteiger partial charge in [-0.2, -0.15) is 5.10 Å². The minimum Gasteiger partial charge on any atom is -0.465 e. The Labute approximate surface area is 202 Å². The first kappa shape index (κ1) is 25.7. The van der Waals surface area contributed by atoms with E-state index >= 15 is 0 Å². The molecule has 7 nitrogen and oxygen atoms in total. The summed E-state index contributed by atoms with van der Waals surface area (Å²) in [5, 5.41) is 6.67. The van der Waals surface area contributed by atoms with Crippen molar-refractivity contribution in [1.82, 2.24) is 5.01 Å². The lowest BCUT2D eigenvalue weighted by Gasteiger charge is -2.27. The summed E-state index contributed by atoms with van der Waals surface area (Å²) < 4.78 is 16.2. The third-order valence-corrected chi connectivity index (χ3v) is 6.13. The van der Waals surface area contributed by atoms with Gasteiger partial charge in [0.2, 0.25) is 0 Å². The van der Waals surface area contributed by atoms with Gasteiger partial charge in [-0.3, -0.25) is 14.6 Å². The number of ether oxygens (including phenoxy) is 3. The van der Waals surface area contributed by atoms with Crippen molar-refractivity contribution in [3.8, 4) is 0 Å². The Bertz CT molecular complexity index is 887. The Balaban J connectivity index is 1.54. The zero-order chi connectivity index (χ0) is 24.4. The van der Waals surface area contributed by atoms with Gasteiger partial charge < -0.3 is 14.2 Å². The smallest absolute Gasteiger partial charge is 0.324 e. The molecule has 3 rings (SSSR count). The number of benzene rings is 1. The zero-order valence-corrected chi connectivity index (χ0v) is 20.4. The molecule has 7 heteroatoms. The highest BCUT2D eigenvalue weighted by Gasteiger charge is 2.47. The van der Waals surface area contributed by atoms with Gasteiger partial charge in [0.05, 0.1) is 38.6 Å². The van der Waals surface area contributed by atoms with E-state index in [1.54, 1.807) is 19.9 Å². The monoisotopic (exact) mass is 468 g/mol. The van der Waals surface area contributed by atoms with Crippen molar-refractivity contribution in [3.05, 3.63) is 60.2 Å². The van der Waals surface area contributed by atoms with Gasteiger partial charge in [-0.05, 0) is 52.0 Å². The number of epoxide rings is 1. The molecule has 0 N–H and O–H groups in total. The molecule has 2 atom stereocenters. The topological polar surface area (TPSA) is 80.5 Å². The molecule has 0 radical (unpaired) electrons. The van der Waals surface area contributed by atoms with E-state index in [0.29, 0.717) is 12.6 Å². The van der Waals surface area contributed by atoms with Crippen LogP contribution in [0.15, 0.2) is 59.7 Å². The molecule has 0 amide bonds. The molecule has 0 bridgehead atoms. The SMILES string of the molecule is C/C=C/CC(C/C=C/CCC1(/C=N/N2CC2c2ccccc2)CO1)(C(=O)OCC)C(=O)OCC. The number of rotatable bonds is 14. The van der Waals surface area contributed by atoms with Crippen LogP contribution in [-0.2, 0) is 23.8 Å². The Morgan fingerprint density at radius 3 is 2.35 bits per heavy atom. The first-order valence-electron chi connectivity index (χ1n) is 12.1. The van der Waals surface area contributed by atoms with Crippen LogP contribution in [0.1, 0.15) is 58.1 Å². The Morgan fingerprint density at radius 2 is 1.76 bits per heavy atom. The molecule has 2 aliphatic rings. The van der Waals surface area contributed by atoms with E-state index in [9.17, 15) is 9.59 Å². The summed E-state index contributed by atoms with van der Waals surface area (Å²) >= 11 is 0. The number of nitrogens with zero attached hydrogens (tertiary/aromatic N) is 2. The summed E-state index contributed by atoms with van der Waals surface area (Å²) in [4.78, 5) is 25.5. The van der Waals surface area contributed by atoms with Crippen LogP contribution >= 0.6 is 0 Å². The maximum absolute atomic E-state index is 12.8. The van der Waals surface area contributed by atoms with Crippen molar-refractivity contribution in [1.29, 1.82) is 0 Å². The van der Waals surface area contributed by atoms with E-state index in [1.807, 2.05) is 49.6 Å². The zero-order valence-electron chi connectivity index (χ0n) is 20.4. The van der Waals surface area contributed by atoms with Crippen LogP contribution in [0.25, 0.3) is 0 Å². The summed E-state index contributed by atoms with van der Waals surface area (Å²) in [7, 11) is 0. The van der Waals surface area contributed by atoms with Crippen LogP contribution in [0.5, 0.6) is 0 Å². The molecule has 184 valence electrons. The highest BCUT2D eigenvalue weighted by molar-refractivity contribution is 6.00. The molecule has 2 saturated heterocycles. The molecule has 2 unspecified atom stereocenters. The molecule has 0 aliphatic carbocycles. The highest BCUT2D eigenvalue weighted by atomic mass is 16.6. The lowest BCUT2D eigenvalue weighted by Crippen LogP contribution is -2.41. The molecule has 0 saturated carbocycles. The molecule has 1 aromatic carbocycles. The average Bonchev–Trinajstić information content (AvgIpc) is 3.77. The fourth-order valence-electron chi connectivity index (χ4n) is 3.85. The molecule has 0 spiro atoms. The van der Waals surface area contributed by atoms with Crippen LogP contribution < -0.4 is 0 Å². The second-order valence-corrected chi connectivity index (χ2v) is 8.66. The first-order valence-corrected chi connectivity index (χ1v) is 12.1. The number of esters is 2. The summed E-state index contributed by atoms with van der Waals surface area (Å²) in [5.41, 5.74) is -0.410. The van der Waals surface area contributed by atoms with Gasteiger partial charge in [0.1, 0.15) is 5.60 Å².